The maximum Gasteiger partial charge on any atom is 0.119 e. The Bertz CT molecular complexity index is 709. The molecule has 3 rings (SSSR count). The molecule has 2 aromatic carbocycles. The minimum absolute atomic E-state index is 0.508. The van der Waals surface area contributed by atoms with Gasteiger partial charge in [-0.3, -0.25) is 4.90 Å². The first-order valence-corrected chi connectivity index (χ1v) is 9.83. The molecular formula is C23H32N2O. The van der Waals surface area contributed by atoms with Gasteiger partial charge in [0.2, 0.25) is 0 Å². The highest BCUT2D eigenvalue weighted by Crippen LogP contribution is 2.26. The van der Waals surface area contributed by atoms with Crippen LogP contribution in [-0.4, -0.2) is 31.1 Å². The van der Waals surface area contributed by atoms with Crippen molar-refractivity contribution >= 4 is 0 Å². The molecule has 3 heteroatoms. The van der Waals surface area contributed by atoms with Crippen LogP contribution in [0.15, 0.2) is 42.5 Å². The van der Waals surface area contributed by atoms with Crippen LogP contribution in [0, 0.1) is 0 Å². The summed E-state index contributed by atoms with van der Waals surface area (Å²) in [5.74, 6) is 2.00. The Morgan fingerprint density at radius 1 is 1.00 bits per heavy atom. The summed E-state index contributed by atoms with van der Waals surface area (Å²) in [6, 6.07) is 15.5. The van der Waals surface area contributed by atoms with Gasteiger partial charge in [0.25, 0.3) is 0 Å². The summed E-state index contributed by atoms with van der Waals surface area (Å²) in [7, 11) is 0. The van der Waals surface area contributed by atoms with E-state index in [0.29, 0.717) is 25.0 Å². The molecule has 0 fully saturated rings. The highest BCUT2D eigenvalue weighted by Gasteiger charge is 2.19. The van der Waals surface area contributed by atoms with E-state index < -0.39 is 0 Å². The predicted octanol–water partition coefficient (Wildman–Crippen LogP) is 4.31. The minimum atomic E-state index is 0.508. The first kappa shape index (κ1) is 18.9. The lowest BCUT2D eigenvalue weighted by atomic mass is 9.92. The van der Waals surface area contributed by atoms with Crippen LogP contribution < -0.4 is 10.5 Å². The van der Waals surface area contributed by atoms with Crippen LogP contribution in [0.3, 0.4) is 0 Å². The van der Waals surface area contributed by atoms with Crippen molar-refractivity contribution in [3.63, 3.8) is 0 Å². The van der Waals surface area contributed by atoms with Gasteiger partial charge in [-0.2, -0.15) is 0 Å². The highest BCUT2D eigenvalue weighted by molar-refractivity contribution is 5.35. The van der Waals surface area contributed by atoms with E-state index in [4.69, 9.17) is 10.5 Å². The molecule has 1 aliphatic rings. The summed E-state index contributed by atoms with van der Waals surface area (Å²) in [6.45, 7) is 11.3. The van der Waals surface area contributed by atoms with Crippen molar-refractivity contribution in [3.8, 4) is 5.75 Å². The Labute approximate surface area is 158 Å². The van der Waals surface area contributed by atoms with Gasteiger partial charge in [-0.05, 0) is 52.6 Å². The summed E-state index contributed by atoms with van der Waals surface area (Å²) in [6.07, 6.45) is 1.16. The predicted molar refractivity (Wildman–Crippen MR) is 109 cm³/mol. The lowest BCUT2D eigenvalue weighted by molar-refractivity contribution is 0.242. The first-order chi connectivity index (χ1) is 12.6. The number of nitrogens with zero attached hydrogens (tertiary/aromatic N) is 1. The zero-order valence-corrected chi connectivity index (χ0v) is 16.4. The number of benzene rings is 2. The molecule has 0 aromatic heterocycles. The van der Waals surface area contributed by atoms with E-state index in [2.05, 4.69) is 68.1 Å². The molecule has 1 aliphatic heterocycles. The van der Waals surface area contributed by atoms with Crippen molar-refractivity contribution < 1.29 is 4.74 Å². The van der Waals surface area contributed by atoms with Crippen LogP contribution in [0.4, 0.5) is 0 Å². The molecule has 140 valence electrons. The lowest BCUT2D eigenvalue weighted by Gasteiger charge is -2.31. The van der Waals surface area contributed by atoms with Gasteiger partial charge in [0, 0.05) is 26.2 Å². The van der Waals surface area contributed by atoms with Crippen molar-refractivity contribution in [1.29, 1.82) is 0 Å². The van der Waals surface area contributed by atoms with Crippen LogP contribution in [0.1, 0.15) is 54.9 Å². The van der Waals surface area contributed by atoms with Crippen molar-refractivity contribution in [2.45, 2.75) is 45.6 Å². The molecule has 3 nitrogen and oxygen atoms in total. The molecule has 0 amide bonds. The molecule has 1 atom stereocenters. The molecule has 0 aliphatic carbocycles. The first-order valence-electron chi connectivity index (χ1n) is 9.83. The molecule has 0 radical (unpaired) electrons. The zero-order valence-electron chi connectivity index (χ0n) is 16.4. The summed E-state index contributed by atoms with van der Waals surface area (Å²) in [5, 5.41) is 0. The van der Waals surface area contributed by atoms with Gasteiger partial charge in [0.15, 0.2) is 0 Å². The lowest BCUT2D eigenvalue weighted by Crippen LogP contribution is -2.33. The average Bonchev–Trinajstić information content (AvgIpc) is 2.66. The van der Waals surface area contributed by atoms with Crippen LogP contribution in [0.5, 0.6) is 5.75 Å². The van der Waals surface area contributed by atoms with Gasteiger partial charge in [-0.25, -0.2) is 0 Å². The Kier molecular flexibility index (Phi) is 6.33. The maximum atomic E-state index is 5.57. The number of hydrogen-bond donors (Lipinski definition) is 1. The second-order valence-corrected chi connectivity index (χ2v) is 7.78. The van der Waals surface area contributed by atoms with Crippen molar-refractivity contribution in [3.05, 3.63) is 64.7 Å². The normalized spacial score (nSPS) is 15.7. The average molecular weight is 353 g/mol. The second-order valence-electron chi connectivity index (χ2n) is 7.78. The van der Waals surface area contributed by atoms with Crippen molar-refractivity contribution in [2.75, 3.05) is 26.2 Å². The summed E-state index contributed by atoms with van der Waals surface area (Å²) < 4.78 is 5.57. The molecule has 0 bridgehead atoms. The van der Waals surface area contributed by atoms with Crippen molar-refractivity contribution in [2.24, 2.45) is 5.73 Å². The van der Waals surface area contributed by atoms with E-state index >= 15 is 0 Å². The fourth-order valence-corrected chi connectivity index (χ4v) is 3.71. The third kappa shape index (κ3) is 4.66. The molecule has 2 N–H and O–H groups in total. The van der Waals surface area contributed by atoms with Crippen LogP contribution in [0.2, 0.25) is 0 Å². The van der Waals surface area contributed by atoms with Gasteiger partial charge in [-0.15, -0.1) is 0 Å². The largest absolute Gasteiger partial charge is 0.492 e. The smallest absolute Gasteiger partial charge is 0.119 e. The van der Waals surface area contributed by atoms with Gasteiger partial charge >= 0.3 is 0 Å². The number of fused-ring (bicyclic) bond motifs is 1. The summed E-state index contributed by atoms with van der Waals surface area (Å²) in [5.41, 5.74) is 11.3. The Hall–Kier alpha value is -1.84. The monoisotopic (exact) mass is 352 g/mol. The molecule has 1 unspecified atom stereocenters. The molecule has 0 saturated carbocycles. The molecule has 1 heterocycles. The van der Waals surface area contributed by atoms with E-state index in [-0.39, 0.29) is 0 Å². The van der Waals surface area contributed by atoms with Gasteiger partial charge in [0.1, 0.15) is 12.4 Å². The van der Waals surface area contributed by atoms with E-state index in [0.717, 1.165) is 31.8 Å². The van der Waals surface area contributed by atoms with E-state index in [1.54, 1.807) is 0 Å². The van der Waals surface area contributed by atoms with E-state index in [1.165, 1.54) is 22.3 Å². The SMILES string of the molecule is CC(C)c1ccc2c(c1)CN(CC(C)c1ccc(OCCN)cc1)CC2. The van der Waals surface area contributed by atoms with Crippen LogP contribution in [-0.2, 0) is 13.0 Å². The molecular weight excluding hydrogens is 320 g/mol. The number of ether oxygens (including phenoxy) is 1. The topological polar surface area (TPSA) is 38.5 Å². The Morgan fingerprint density at radius 2 is 1.73 bits per heavy atom. The molecule has 2 aromatic rings. The van der Waals surface area contributed by atoms with Gasteiger partial charge in [0.05, 0.1) is 0 Å². The Morgan fingerprint density at radius 3 is 2.42 bits per heavy atom. The molecule has 26 heavy (non-hydrogen) atoms. The fourth-order valence-electron chi connectivity index (χ4n) is 3.71. The third-order valence-electron chi connectivity index (χ3n) is 5.36. The number of nitrogens with two attached hydrogens (primary N) is 1. The van der Waals surface area contributed by atoms with Crippen LogP contribution >= 0.6 is 0 Å². The maximum absolute atomic E-state index is 5.57. The highest BCUT2D eigenvalue weighted by atomic mass is 16.5. The van der Waals surface area contributed by atoms with Crippen LogP contribution in [0.25, 0.3) is 0 Å². The third-order valence-corrected chi connectivity index (χ3v) is 5.36. The molecule has 0 spiro atoms. The van der Waals surface area contributed by atoms with E-state index in [1.807, 2.05) is 0 Å². The standard InChI is InChI=1S/C23H32N2O/c1-17(2)21-5-4-20-10-12-25(16-22(20)14-21)15-18(3)19-6-8-23(9-7-19)26-13-11-24/h4-9,14,17-18H,10-13,15-16,24H2,1-3H3. The van der Waals surface area contributed by atoms with Gasteiger partial charge in [-0.1, -0.05) is 51.1 Å². The fraction of sp³-hybridized carbons (Fsp3) is 0.478. The Balaban J connectivity index is 1.61. The minimum Gasteiger partial charge on any atom is -0.492 e. The van der Waals surface area contributed by atoms with Gasteiger partial charge < -0.3 is 10.5 Å². The van der Waals surface area contributed by atoms with E-state index in [9.17, 15) is 0 Å². The summed E-state index contributed by atoms with van der Waals surface area (Å²) in [4.78, 5) is 2.59. The zero-order chi connectivity index (χ0) is 18.5. The quantitative estimate of drug-likeness (QED) is 0.807. The van der Waals surface area contributed by atoms with Crippen molar-refractivity contribution in [1.82, 2.24) is 4.90 Å². The molecule has 0 saturated heterocycles. The number of rotatable bonds is 7. The second kappa shape index (κ2) is 8.70. The summed E-state index contributed by atoms with van der Waals surface area (Å²) >= 11 is 0. The number of hydrogen-bond acceptors (Lipinski definition) is 3.